The van der Waals surface area contributed by atoms with Gasteiger partial charge < -0.3 is 20.4 Å². The molecule has 0 bridgehead atoms. The molecule has 1 saturated heterocycles. The number of rotatable bonds is 6. The number of nitrogens with two attached hydrogens (primary N) is 1. The summed E-state index contributed by atoms with van der Waals surface area (Å²) in [6.45, 7) is 5.43. The molecule has 9 heteroatoms. The van der Waals surface area contributed by atoms with E-state index in [0.717, 1.165) is 43.0 Å². The Bertz CT molecular complexity index is 1300. The Morgan fingerprint density at radius 3 is 2.66 bits per heavy atom. The molecule has 5 rings (SSSR count). The average Bonchev–Trinajstić information content (AvgIpc) is 3.50. The van der Waals surface area contributed by atoms with Crippen molar-refractivity contribution < 1.29 is 9.53 Å². The fraction of sp³-hybridized carbons (Fsp3) is 0.423. The van der Waals surface area contributed by atoms with Gasteiger partial charge in [-0.25, -0.2) is 9.97 Å². The van der Waals surface area contributed by atoms with Gasteiger partial charge in [0.15, 0.2) is 0 Å². The molecule has 1 aromatic carbocycles. The number of thioether (sulfide) groups is 1. The van der Waals surface area contributed by atoms with E-state index in [0.29, 0.717) is 41.1 Å². The first-order valence-corrected chi connectivity index (χ1v) is 13.0. The number of aromatic nitrogens is 3. The van der Waals surface area contributed by atoms with Crippen LogP contribution in [-0.4, -0.2) is 63.6 Å². The van der Waals surface area contributed by atoms with Crippen molar-refractivity contribution in [2.45, 2.75) is 31.9 Å². The first kappa shape index (κ1) is 23.7. The molecule has 182 valence electrons. The van der Waals surface area contributed by atoms with E-state index in [9.17, 15) is 4.79 Å². The molecule has 2 fully saturated rings. The summed E-state index contributed by atoms with van der Waals surface area (Å²) in [6.07, 6.45) is 3.46. The number of carbonyl (C=O) groups is 1. The molecular weight excluding hydrogens is 460 g/mol. The van der Waals surface area contributed by atoms with Crippen molar-refractivity contribution >= 4 is 40.2 Å². The topological polar surface area (TPSA) is 98.3 Å². The van der Waals surface area contributed by atoms with Gasteiger partial charge in [-0.2, -0.15) is 11.8 Å². The Labute approximate surface area is 209 Å². The molecule has 1 aliphatic carbocycles. The van der Waals surface area contributed by atoms with Crippen LogP contribution < -0.4 is 11.1 Å². The molecule has 3 heterocycles. The fourth-order valence-electron chi connectivity index (χ4n) is 4.44. The lowest BCUT2D eigenvalue weighted by atomic mass is 10.1. The Balaban J connectivity index is 1.56. The van der Waals surface area contributed by atoms with Crippen LogP contribution in [0.5, 0.6) is 0 Å². The lowest BCUT2D eigenvalue weighted by Crippen LogP contribution is -2.32. The molecule has 3 N–H and O–H groups in total. The van der Waals surface area contributed by atoms with Gasteiger partial charge in [0.05, 0.1) is 24.1 Å². The number of nitrogen functional groups attached to an aromatic ring is 1. The number of nitrogens with zero attached hydrogens (tertiary/aromatic N) is 4. The maximum atomic E-state index is 13.7. The predicted octanol–water partition coefficient (Wildman–Crippen LogP) is 3.32. The second-order valence-corrected chi connectivity index (χ2v) is 10.5. The maximum Gasteiger partial charge on any atom is 0.259 e. The number of amides is 1. The quantitative estimate of drug-likeness (QED) is 0.512. The smallest absolute Gasteiger partial charge is 0.259 e. The first-order valence-electron chi connectivity index (χ1n) is 11.8. The van der Waals surface area contributed by atoms with Crippen LogP contribution in [0.15, 0.2) is 30.6 Å². The number of fused-ring (bicyclic) bond motifs is 1. The van der Waals surface area contributed by atoms with E-state index in [1.165, 1.54) is 6.33 Å². The van der Waals surface area contributed by atoms with Crippen LogP contribution in [0.2, 0.25) is 0 Å². The Hall–Kier alpha value is -3.06. The molecule has 0 radical (unpaired) electrons. The van der Waals surface area contributed by atoms with Crippen molar-refractivity contribution in [3.63, 3.8) is 0 Å². The predicted molar refractivity (Wildman–Crippen MR) is 141 cm³/mol. The number of carbonyl (C=O) groups excluding carboxylic acids is 1. The zero-order chi connectivity index (χ0) is 24.4. The molecule has 0 unspecified atom stereocenters. The maximum absolute atomic E-state index is 13.7. The number of hydrogen-bond donors (Lipinski definition) is 2. The van der Waals surface area contributed by atoms with Crippen LogP contribution in [0.3, 0.4) is 0 Å². The van der Waals surface area contributed by atoms with Gasteiger partial charge in [0.2, 0.25) is 0 Å². The molecular formula is C26H30N6O2S. The molecule has 0 atom stereocenters. The van der Waals surface area contributed by atoms with Crippen molar-refractivity contribution in [2.75, 3.05) is 49.3 Å². The number of anilines is 2. The summed E-state index contributed by atoms with van der Waals surface area (Å²) in [5.74, 6) is 8.96. The standard InChI is InChI=1S/C26H30N6O2S/c1-26(9-10-26)32-20(4-3-11-31-12-14-35-15-13-31)21(22-23(27)28-17-29-24(22)32)25(33)30-19-7-5-18(6-8-19)16-34-2/h5-8,17H,9-16H2,1-2H3,(H,30,33)(H2,27,28,29). The normalized spacial score (nSPS) is 17.1. The van der Waals surface area contributed by atoms with E-state index in [4.69, 9.17) is 10.5 Å². The van der Waals surface area contributed by atoms with Gasteiger partial charge in [0, 0.05) is 42.9 Å². The van der Waals surface area contributed by atoms with E-state index < -0.39 is 0 Å². The number of benzene rings is 1. The van der Waals surface area contributed by atoms with Crippen molar-refractivity contribution in [1.29, 1.82) is 0 Å². The van der Waals surface area contributed by atoms with Crippen LogP contribution >= 0.6 is 11.8 Å². The average molecular weight is 491 g/mol. The number of ether oxygens (including phenoxy) is 1. The van der Waals surface area contributed by atoms with E-state index in [2.05, 4.69) is 43.5 Å². The van der Waals surface area contributed by atoms with Gasteiger partial charge in [-0.3, -0.25) is 9.69 Å². The SMILES string of the molecule is COCc1ccc(NC(=O)c2c(C#CCN3CCSCC3)n(C3(C)CC3)c3ncnc(N)c23)cc1. The number of methoxy groups -OCH3 is 1. The van der Waals surface area contributed by atoms with Crippen molar-refractivity contribution in [2.24, 2.45) is 0 Å². The summed E-state index contributed by atoms with van der Waals surface area (Å²) in [7, 11) is 1.66. The van der Waals surface area contributed by atoms with Crippen LogP contribution in [0.1, 0.15) is 41.4 Å². The lowest BCUT2D eigenvalue weighted by Gasteiger charge is -2.23. The highest BCUT2D eigenvalue weighted by Crippen LogP contribution is 2.47. The highest BCUT2D eigenvalue weighted by Gasteiger charge is 2.43. The zero-order valence-corrected chi connectivity index (χ0v) is 21.0. The van der Waals surface area contributed by atoms with Crippen LogP contribution in [0.25, 0.3) is 11.0 Å². The second kappa shape index (κ2) is 9.90. The molecule has 8 nitrogen and oxygen atoms in total. The minimum Gasteiger partial charge on any atom is -0.383 e. The summed E-state index contributed by atoms with van der Waals surface area (Å²) in [5.41, 5.74) is 9.66. The third kappa shape index (κ3) is 4.87. The summed E-state index contributed by atoms with van der Waals surface area (Å²) >= 11 is 1.97. The van der Waals surface area contributed by atoms with Crippen molar-refractivity contribution in [1.82, 2.24) is 19.4 Å². The van der Waals surface area contributed by atoms with Gasteiger partial charge >= 0.3 is 0 Å². The zero-order valence-electron chi connectivity index (χ0n) is 20.1. The molecule has 1 saturated carbocycles. The molecule has 1 amide bonds. The molecule has 2 aromatic heterocycles. The molecule has 0 spiro atoms. The molecule has 2 aliphatic rings. The third-order valence-electron chi connectivity index (χ3n) is 6.66. The van der Waals surface area contributed by atoms with Gasteiger partial charge in [-0.1, -0.05) is 18.1 Å². The highest BCUT2D eigenvalue weighted by molar-refractivity contribution is 7.99. The van der Waals surface area contributed by atoms with E-state index in [1.807, 2.05) is 36.0 Å². The molecule has 3 aromatic rings. The second-order valence-electron chi connectivity index (χ2n) is 9.29. The van der Waals surface area contributed by atoms with E-state index >= 15 is 0 Å². The van der Waals surface area contributed by atoms with E-state index in [-0.39, 0.29) is 17.3 Å². The van der Waals surface area contributed by atoms with Crippen LogP contribution in [0, 0.1) is 11.8 Å². The Kier molecular flexibility index (Phi) is 6.69. The van der Waals surface area contributed by atoms with Crippen molar-refractivity contribution in [3.8, 4) is 11.8 Å². The van der Waals surface area contributed by atoms with Gasteiger partial charge in [-0.05, 0) is 43.4 Å². The van der Waals surface area contributed by atoms with Crippen molar-refractivity contribution in [3.05, 3.63) is 47.4 Å². The largest absolute Gasteiger partial charge is 0.383 e. The summed E-state index contributed by atoms with van der Waals surface area (Å²) in [6, 6.07) is 7.60. The third-order valence-corrected chi connectivity index (χ3v) is 7.60. The summed E-state index contributed by atoms with van der Waals surface area (Å²) in [5, 5.41) is 3.59. The fourth-order valence-corrected chi connectivity index (χ4v) is 5.42. The summed E-state index contributed by atoms with van der Waals surface area (Å²) < 4.78 is 7.29. The lowest BCUT2D eigenvalue weighted by molar-refractivity contribution is 0.102. The Morgan fingerprint density at radius 2 is 1.97 bits per heavy atom. The highest BCUT2D eigenvalue weighted by atomic mass is 32.2. The van der Waals surface area contributed by atoms with Gasteiger partial charge in [-0.15, -0.1) is 0 Å². The number of nitrogens with one attached hydrogen (secondary N) is 1. The van der Waals surface area contributed by atoms with Gasteiger partial charge in [0.25, 0.3) is 5.91 Å². The minimum atomic E-state index is -0.266. The monoisotopic (exact) mass is 490 g/mol. The van der Waals surface area contributed by atoms with E-state index in [1.54, 1.807) is 7.11 Å². The summed E-state index contributed by atoms with van der Waals surface area (Å²) in [4.78, 5) is 24.8. The minimum absolute atomic E-state index is 0.134. The van der Waals surface area contributed by atoms with Gasteiger partial charge in [0.1, 0.15) is 23.5 Å². The molecule has 35 heavy (non-hydrogen) atoms. The van der Waals surface area contributed by atoms with Crippen LogP contribution in [0.4, 0.5) is 11.5 Å². The first-order chi connectivity index (χ1) is 17.0. The Morgan fingerprint density at radius 1 is 1.23 bits per heavy atom. The molecule has 1 aliphatic heterocycles. The van der Waals surface area contributed by atoms with Crippen LogP contribution in [-0.2, 0) is 16.9 Å². The number of hydrogen-bond acceptors (Lipinski definition) is 7.